The molecular weight excluding hydrogens is 298 g/mol. The monoisotopic (exact) mass is 313 g/mol. The Morgan fingerprint density at radius 3 is 2.09 bits per heavy atom. The van der Waals surface area contributed by atoms with Crippen molar-refractivity contribution in [1.29, 1.82) is 0 Å². The lowest BCUT2D eigenvalue weighted by atomic mass is 10.1. The Kier molecular flexibility index (Phi) is 4.70. The van der Waals surface area contributed by atoms with Crippen LogP contribution in [0.1, 0.15) is 11.1 Å². The van der Waals surface area contributed by atoms with Crippen molar-refractivity contribution in [3.8, 4) is 0 Å². The molecule has 0 amide bonds. The minimum Gasteiger partial charge on any atom is -0.378 e. The minimum absolute atomic E-state index is 0.291. The fourth-order valence-electron chi connectivity index (χ4n) is 2.01. The lowest BCUT2D eigenvalue weighted by molar-refractivity contribution is -0.394. The van der Waals surface area contributed by atoms with E-state index >= 15 is 0 Å². The summed E-state index contributed by atoms with van der Waals surface area (Å²) in [6.07, 6.45) is 3.31. The third kappa shape index (κ3) is 3.91. The molecule has 7 nitrogen and oxygen atoms in total. The van der Waals surface area contributed by atoms with Gasteiger partial charge < -0.3 is 4.90 Å². The molecule has 0 radical (unpaired) electrons. The Bertz CT molecular complexity index is 767. The van der Waals surface area contributed by atoms with Crippen LogP contribution in [0.15, 0.2) is 42.5 Å². The zero-order valence-corrected chi connectivity index (χ0v) is 12.7. The molecule has 2 aromatic rings. The highest BCUT2D eigenvalue weighted by atomic mass is 16.6. The van der Waals surface area contributed by atoms with Crippen LogP contribution in [0.2, 0.25) is 0 Å². The highest BCUT2D eigenvalue weighted by molar-refractivity contribution is 5.75. The molecule has 118 valence electrons. The van der Waals surface area contributed by atoms with Crippen LogP contribution in [0, 0.1) is 20.2 Å². The van der Waals surface area contributed by atoms with E-state index in [1.165, 1.54) is 12.1 Å². The summed E-state index contributed by atoms with van der Waals surface area (Å²) < 4.78 is 0. The third-order valence-corrected chi connectivity index (χ3v) is 3.29. The normalized spacial score (nSPS) is 10.7. The van der Waals surface area contributed by atoms with Gasteiger partial charge in [-0.3, -0.25) is 20.2 Å². The van der Waals surface area contributed by atoms with Crippen molar-refractivity contribution in [2.75, 3.05) is 19.0 Å². The van der Waals surface area contributed by atoms with Gasteiger partial charge in [-0.2, -0.15) is 0 Å². The summed E-state index contributed by atoms with van der Waals surface area (Å²) >= 11 is 0. The van der Waals surface area contributed by atoms with E-state index in [0.29, 0.717) is 5.56 Å². The van der Waals surface area contributed by atoms with Crippen LogP contribution in [0.5, 0.6) is 0 Å². The number of nitro benzene ring substituents is 2. The number of nitro groups is 2. The quantitative estimate of drug-likeness (QED) is 0.476. The van der Waals surface area contributed by atoms with Crippen LogP contribution in [0.4, 0.5) is 17.1 Å². The van der Waals surface area contributed by atoms with Crippen molar-refractivity contribution >= 4 is 29.2 Å². The van der Waals surface area contributed by atoms with Gasteiger partial charge in [0.05, 0.1) is 21.5 Å². The maximum absolute atomic E-state index is 11.1. The molecule has 0 saturated heterocycles. The fraction of sp³-hybridized carbons (Fsp3) is 0.125. The summed E-state index contributed by atoms with van der Waals surface area (Å²) in [5, 5.41) is 21.8. The molecule has 2 rings (SSSR count). The first-order chi connectivity index (χ1) is 10.9. The second kappa shape index (κ2) is 6.69. The first-order valence-corrected chi connectivity index (χ1v) is 6.77. The number of nitrogens with zero attached hydrogens (tertiary/aromatic N) is 3. The molecule has 0 aliphatic rings. The van der Waals surface area contributed by atoms with Crippen molar-refractivity contribution in [3.05, 3.63) is 73.8 Å². The number of non-ortho nitro benzene ring substituents is 1. The van der Waals surface area contributed by atoms with Crippen molar-refractivity contribution in [2.24, 2.45) is 0 Å². The molecule has 0 N–H and O–H groups in total. The van der Waals surface area contributed by atoms with Crippen molar-refractivity contribution in [3.63, 3.8) is 0 Å². The topological polar surface area (TPSA) is 89.5 Å². The van der Waals surface area contributed by atoms with Crippen LogP contribution in [-0.4, -0.2) is 23.9 Å². The van der Waals surface area contributed by atoms with Crippen LogP contribution in [0.3, 0.4) is 0 Å². The number of rotatable bonds is 5. The van der Waals surface area contributed by atoms with Gasteiger partial charge >= 0.3 is 0 Å². The molecule has 0 aliphatic heterocycles. The van der Waals surface area contributed by atoms with Gasteiger partial charge in [0.25, 0.3) is 11.4 Å². The van der Waals surface area contributed by atoms with E-state index in [9.17, 15) is 20.2 Å². The summed E-state index contributed by atoms with van der Waals surface area (Å²) in [6.45, 7) is 0. The molecule has 0 saturated carbocycles. The molecule has 0 aromatic heterocycles. The molecule has 2 aromatic carbocycles. The lowest BCUT2D eigenvalue weighted by Crippen LogP contribution is -2.07. The van der Waals surface area contributed by atoms with E-state index in [2.05, 4.69) is 0 Å². The molecule has 0 spiro atoms. The molecule has 0 unspecified atom stereocenters. The Balaban J connectivity index is 2.31. The summed E-state index contributed by atoms with van der Waals surface area (Å²) in [7, 11) is 3.87. The van der Waals surface area contributed by atoms with Gasteiger partial charge in [0.1, 0.15) is 0 Å². The van der Waals surface area contributed by atoms with Gasteiger partial charge in [-0.05, 0) is 29.8 Å². The molecule has 0 heterocycles. The maximum atomic E-state index is 11.1. The second-order valence-electron chi connectivity index (χ2n) is 5.08. The summed E-state index contributed by atoms with van der Waals surface area (Å²) in [5.41, 5.74) is 1.65. The minimum atomic E-state index is -0.652. The molecule has 0 atom stereocenters. The van der Waals surface area contributed by atoms with Crippen LogP contribution < -0.4 is 4.90 Å². The van der Waals surface area contributed by atoms with Gasteiger partial charge in [0.2, 0.25) is 0 Å². The Morgan fingerprint density at radius 1 is 0.913 bits per heavy atom. The number of hydrogen-bond donors (Lipinski definition) is 0. The third-order valence-electron chi connectivity index (χ3n) is 3.29. The molecule has 0 bridgehead atoms. The Labute approximate surface area is 132 Å². The fourth-order valence-corrected chi connectivity index (χ4v) is 2.01. The zero-order valence-electron chi connectivity index (χ0n) is 12.7. The highest BCUT2D eigenvalue weighted by Gasteiger charge is 2.17. The predicted molar refractivity (Wildman–Crippen MR) is 89.4 cm³/mol. The van der Waals surface area contributed by atoms with Crippen LogP contribution in [-0.2, 0) is 0 Å². The summed E-state index contributed by atoms with van der Waals surface area (Å²) in [5.74, 6) is 0. The second-order valence-corrected chi connectivity index (χ2v) is 5.08. The molecule has 23 heavy (non-hydrogen) atoms. The van der Waals surface area contributed by atoms with Crippen LogP contribution >= 0.6 is 0 Å². The molecular formula is C16H15N3O4. The average Bonchev–Trinajstić information content (AvgIpc) is 2.52. The van der Waals surface area contributed by atoms with E-state index < -0.39 is 9.85 Å². The smallest absolute Gasteiger partial charge is 0.283 e. The number of hydrogen-bond acceptors (Lipinski definition) is 5. The molecule has 0 aliphatic carbocycles. The molecule has 0 fully saturated rings. The standard InChI is InChI=1S/C16H15N3O4/c1-17(2)14-8-4-12(5-9-14)3-6-13-7-10-15(18(20)21)11-16(13)19(22)23/h3-11H,1-2H3/b6-3-. The van der Waals surface area contributed by atoms with Crippen molar-refractivity contribution < 1.29 is 9.85 Å². The average molecular weight is 313 g/mol. The Morgan fingerprint density at radius 2 is 1.57 bits per heavy atom. The van der Waals surface area contributed by atoms with Gasteiger partial charge in [-0.25, -0.2) is 0 Å². The van der Waals surface area contributed by atoms with Crippen molar-refractivity contribution in [2.45, 2.75) is 0 Å². The van der Waals surface area contributed by atoms with E-state index in [1.807, 2.05) is 43.3 Å². The highest BCUT2D eigenvalue weighted by Crippen LogP contribution is 2.26. The van der Waals surface area contributed by atoms with E-state index in [-0.39, 0.29) is 11.4 Å². The number of benzene rings is 2. The lowest BCUT2D eigenvalue weighted by Gasteiger charge is -2.11. The number of anilines is 1. The van der Waals surface area contributed by atoms with E-state index in [4.69, 9.17) is 0 Å². The first-order valence-electron chi connectivity index (χ1n) is 6.77. The summed E-state index contributed by atoms with van der Waals surface area (Å²) in [6, 6.07) is 11.2. The van der Waals surface area contributed by atoms with Gasteiger partial charge in [0.15, 0.2) is 0 Å². The van der Waals surface area contributed by atoms with Gasteiger partial charge in [0, 0.05) is 25.8 Å². The van der Waals surface area contributed by atoms with E-state index in [0.717, 1.165) is 17.3 Å². The molecule has 7 heteroatoms. The van der Waals surface area contributed by atoms with E-state index in [1.54, 1.807) is 12.2 Å². The maximum Gasteiger partial charge on any atom is 0.283 e. The first kappa shape index (κ1) is 16.2. The largest absolute Gasteiger partial charge is 0.378 e. The SMILES string of the molecule is CN(C)c1ccc(/C=C\c2ccc([N+](=O)[O-])cc2[N+](=O)[O-])cc1. The predicted octanol–water partition coefficient (Wildman–Crippen LogP) is 3.74. The zero-order chi connectivity index (χ0) is 17.0. The summed E-state index contributed by atoms with van der Waals surface area (Å²) in [4.78, 5) is 22.5. The van der Waals surface area contributed by atoms with Gasteiger partial charge in [-0.15, -0.1) is 0 Å². The van der Waals surface area contributed by atoms with Crippen LogP contribution in [0.25, 0.3) is 12.2 Å². The van der Waals surface area contributed by atoms with Crippen molar-refractivity contribution in [1.82, 2.24) is 0 Å². The van der Waals surface area contributed by atoms with Gasteiger partial charge in [-0.1, -0.05) is 18.2 Å². The Hall–Kier alpha value is -3.22.